The third kappa shape index (κ3) is 4.21. The van der Waals surface area contributed by atoms with Crippen molar-refractivity contribution in [1.29, 1.82) is 5.26 Å². The van der Waals surface area contributed by atoms with Crippen LogP contribution >= 0.6 is 0 Å². The van der Waals surface area contributed by atoms with Gasteiger partial charge in [-0.25, -0.2) is 0 Å². The summed E-state index contributed by atoms with van der Waals surface area (Å²) in [4.78, 5) is 12.5. The zero-order valence-corrected chi connectivity index (χ0v) is 12.1. The van der Waals surface area contributed by atoms with Crippen LogP contribution in [0.2, 0.25) is 0 Å². The molecule has 0 aliphatic heterocycles. The Kier molecular flexibility index (Phi) is 6.29. The molecule has 0 aliphatic carbocycles. The van der Waals surface area contributed by atoms with Gasteiger partial charge in [0, 0.05) is 5.92 Å². The standard InChI is InChI=1S/C17H23NO/c1-4-6-7-14(5-2)17(19)16(12-18)15-10-8-13(3)9-11-15/h8-11,14,16H,4-7H2,1-3H3. The molecule has 2 heteroatoms. The van der Waals surface area contributed by atoms with E-state index < -0.39 is 5.92 Å². The number of hydrogen-bond acceptors (Lipinski definition) is 2. The number of hydrogen-bond donors (Lipinski definition) is 0. The Hall–Kier alpha value is -1.62. The number of unbranched alkanes of at least 4 members (excludes halogenated alkanes) is 1. The van der Waals surface area contributed by atoms with E-state index in [0.717, 1.165) is 36.8 Å². The summed E-state index contributed by atoms with van der Waals surface area (Å²) in [6.45, 7) is 6.16. The fraction of sp³-hybridized carbons (Fsp3) is 0.529. The van der Waals surface area contributed by atoms with E-state index in [-0.39, 0.29) is 11.7 Å². The van der Waals surface area contributed by atoms with E-state index in [9.17, 15) is 10.1 Å². The molecule has 0 heterocycles. The van der Waals surface area contributed by atoms with Crippen LogP contribution in [0.25, 0.3) is 0 Å². The highest BCUT2D eigenvalue weighted by Gasteiger charge is 2.26. The van der Waals surface area contributed by atoms with Gasteiger partial charge < -0.3 is 0 Å². The van der Waals surface area contributed by atoms with Crippen LogP contribution in [0.1, 0.15) is 56.6 Å². The fourth-order valence-corrected chi connectivity index (χ4v) is 2.30. The predicted octanol–water partition coefficient (Wildman–Crippen LogP) is 4.39. The zero-order valence-electron chi connectivity index (χ0n) is 12.1. The van der Waals surface area contributed by atoms with Crippen molar-refractivity contribution in [2.75, 3.05) is 0 Å². The summed E-state index contributed by atoms with van der Waals surface area (Å²) >= 11 is 0. The molecule has 0 N–H and O–H groups in total. The first-order valence-electron chi connectivity index (χ1n) is 7.13. The monoisotopic (exact) mass is 257 g/mol. The van der Waals surface area contributed by atoms with E-state index in [1.165, 1.54) is 0 Å². The van der Waals surface area contributed by atoms with Gasteiger partial charge in [0.25, 0.3) is 0 Å². The van der Waals surface area contributed by atoms with E-state index in [2.05, 4.69) is 13.0 Å². The van der Waals surface area contributed by atoms with Crippen LogP contribution in [0.15, 0.2) is 24.3 Å². The molecule has 19 heavy (non-hydrogen) atoms. The molecule has 0 amide bonds. The van der Waals surface area contributed by atoms with Gasteiger partial charge >= 0.3 is 0 Å². The maximum Gasteiger partial charge on any atom is 0.157 e. The molecule has 0 saturated heterocycles. The number of nitriles is 1. The minimum atomic E-state index is -0.609. The number of aryl methyl sites for hydroxylation is 1. The second-order valence-corrected chi connectivity index (χ2v) is 5.12. The molecule has 0 spiro atoms. The Morgan fingerprint density at radius 1 is 1.26 bits per heavy atom. The lowest BCUT2D eigenvalue weighted by Gasteiger charge is -2.17. The Morgan fingerprint density at radius 2 is 1.89 bits per heavy atom. The van der Waals surface area contributed by atoms with E-state index >= 15 is 0 Å². The topological polar surface area (TPSA) is 40.9 Å². The Morgan fingerprint density at radius 3 is 2.37 bits per heavy atom. The van der Waals surface area contributed by atoms with E-state index in [0.29, 0.717) is 0 Å². The molecule has 0 radical (unpaired) electrons. The van der Waals surface area contributed by atoms with Crippen molar-refractivity contribution >= 4 is 5.78 Å². The van der Waals surface area contributed by atoms with Crippen LogP contribution < -0.4 is 0 Å². The second kappa shape index (κ2) is 7.74. The quantitative estimate of drug-likeness (QED) is 0.727. The lowest BCUT2D eigenvalue weighted by Crippen LogP contribution is -2.21. The SMILES string of the molecule is CCCCC(CC)C(=O)C(C#N)c1ccc(C)cc1. The van der Waals surface area contributed by atoms with Gasteiger partial charge in [0.15, 0.2) is 5.78 Å². The van der Waals surface area contributed by atoms with Crippen molar-refractivity contribution in [2.45, 2.75) is 52.4 Å². The Balaban J connectivity index is 2.87. The lowest BCUT2D eigenvalue weighted by molar-refractivity contribution is -0.123. The number of carbonyl (C=O) groups excluding carboxylic acids is 1. The molecule has 1 rings (SSSR count). The van der Waals surface area contributed by atoms with E-state index in [4.69, 9.17) is 0 Å². The minimum Gasteiger partial charge on any atom is -0.298 e. The highest BCUT2D eigenvalue weighted by atomic mass is 16.1. The van der Waals surface area contributed by atoms with Gasteiger partial charge in [-0.2, -0.15) is 5.26 Å². The molecule has 102 valence electrons. The second-order valence-electron chi connectivity index (χ2n) is 5.12. The highest BCUT2D eigenvalue weighted by Crippen LogP contribution is 2.25. The molecule has 1 aromatic rings. The van der Waals surface area contributed by atoms with Gasteiger partial charge in [-0.15, -0.1) is 0 Å². The summed E-state index contributed by atoms with van der Waals surface area (Å²) in [6.07, 6.45) is 3.86. The first-order valence-corrected chi connectivity index (χ1v) is 7.13. The minimum absolute atomic E-state index is 0.0194. The molecule has 0 fully saturated rings. The van der Waals surface area contributed by atoms with Crippen LogP contribution in [0.5, 0.6) is 0 Å². The number of benzene rings is 1. The average Bonchev–Trinajstić information content (AvgIpc) is 2.42. The third-order valence-electron chi connectivity index (χ3n) is 3.63. The smallest absolute Gasteiger partial charge is 0.157 e. The first-order chi connectivity index (χ1) is 9.13. The number of Topliss-reactive ketones (excluding diaryl/α,β-unsaturated/α-hetero) is 1. The largest absolute Gasteiger partial charge is 0.298 e. The summed E-state index contributed by atoms with van der Waals surface area (Å²) in [5, 5.41) is 9.32. The maximum atomic E-state index is 12.5. The molecule has 2 atom stereocenters. The van der Waals surface area contributed by atoms with E-state index in [1.807, 2.05) is 38.1 Å². The molecule has 0 aliphatic rings. The predicted molar refractivity (Wildman–Crippen MR) is 77.8 cm³/mol. The lowest BCUT2D eigenvalue weighted by atomic mass is 9.84. The Bertz CT molecular complexity index is 441. The molecular formula is C17H23NO. The molecule has 0 saturated carbocycles. The summed E-state index contributed by atoms with van der Waals surface area (Å²) < 4.78 is 0. The van der Waals surface area contributed by atoms with Crippen LogP contribution in [0.3, 0.4) is 0 Å². The highest BCUT2D eigenvalue weighted by molar-refractivity contribution is 5.90. The van der Waals surface area contributed by atoms with Gasteiger partial charge in [-0.1, -0.05) is 56.5 Å². The normalized spacial score (nSPS) is 13.6. The number of rotatable bonds is 7. The van der Waals surface area contributed by atoms with Gasteiger partial charge in [-0.3, -0.25) is 4.79 Å². The Labute approximate surface area is 116 Å². The zero-order chi connectivity index (χ0) is 14.3. The van der Waals surface area contributed by atoms with Crippen LogP contribution in [0, 0.1) is 24.2 Å². The summed E-state index contributed by atoms with van der Waals surface area (Å²) in [7, 11) is 0. The van der Waals surface area contributed by atoms with Gasteiger partial charge in [0.05, 0.1) is 6.07 Å². The van der Waals surface area contributed by atoms with Crippen molar-refractivity contribution in [3.8, 4) is 6.07 Å². The van der Waals surface area contributed by atoms with Gasteiger partial charge in [0.1, 0.15) is 5.92 Å². The molecule has 2 unspecified atom stereocenters. The van der Waals surface area contributed by atoms with Crippen molar-refractivity contribution < 1.29 is 4.79 Å². The van der Waals surface area contributed by atoms with Crippen molar-refractivity contribution in [3.63, 3.8) is 0 Å². The number of carbonyl (C=O) groups is 1. The molecule has 0 bridgehead atoms. The first kappa shape index (κ1) is 15.4. The average molecular weight is 257 g/mol. The van der Waals surface area contributed by atoms with Crippen molar-refractivity contribution in [2.24, 2.45) is 5.92 Å². The van der Waals surface area contributed by atoms with Crippen LogP contribution in [-0.4, -0.2) is 5.78 Å². The number of ketones is 1. The molecule has 1 aromatic carbocycles. The molecular weight excluding hydrogens is 234 g/mol. The molecule has 0 aromatic heterocycles. The van der Waals surface area contributed by atoms with Gasteiger partial charge in [-0.05, 0) is 25.3 Å². The molecule has 2 nitrogen and oxygen atoms in total. The van der Waals surface area contributed by atoms with E-state index in [1.54, 1.807) is 0 Å². The fourth-order valence-electron chi connectivity index (χ4n) is 2.30. The maximum absolute atomic E-state index is 12.5. The summed E-state index contributed by atoms with van der Waals surface area (Å²) in [5.74, 6) is -0.504. The summed E-state index contributed by atoms with van der Waals surface area (Å²) in [6, 6.07) is 9.89. The van der Waals surface area contributed by atoms with Crippen LogP contribution in [0.4, 0.5) is 0 Å². The third-order valence-corrected chi connectivity index (χ3v) is 3.63. The van der Waals surface area contributed by atoms with Crippen molar-refractivity contribution in [3.05, 3.63) is 35.4 Å². The van der Waals surface area contributed by atoms with Crippen molar-refractivity contribution in [1.82, 2.24) is 0 Å². The number of nitrogens with zero attached hydrogens (tertiary/aromatic N) is 1. The summed E-state index contributed by atoms with van der Waals surface area (Å²) in [5.41, 5.74) is 1.97. The van der Waals surface area contributed by atoms with Crippen LogP contribution in [-0.2, 0) is 4.79 Å². The van der Waals surface area contributed by atoms with Gasteiger partial charge in [0.2, 0.25) is 0 Å².